The first-order chi connectivity index (χ1) is 9.66. The maximum atomic E-state index is 12.3. The number of rotatable bonds is 3. The predicted molar refractivity (Wildman–Crippen MR) is 79.9 cm³/mol. The highest BCUT2D eigenvalue weighted by Crippen LogP contribution is 2.24. The van der Waals surface area contributed by atoms with Crippen LogP contribution in [-0.2, 0) is 22.5 Å². The summed E-state index contributed by atoms with van der Waals surface area (Å²) < 4.78 is 5.51. The SMILES string of the molecule is CC1(NCC(=O)N2CCc3sccc3C2)CCCOC1. The molecule has 1 amide bonds. The van der Waals surface area contributed by atoms with E-state index in [0.29, 0.717) is 13.2 Å². The highest BCUT2D eigenvalue weighted by molar-refractivity contribution is 7.10. The number of amides is 1. The van der Waals surface area contributed by atoms with Crippen molar-refractivity contribution in [1.29, 1.82) is 0 Å². The number of nitrogens with zero attached hydrogens (tertiary/aromatic N) is 1. The molecule has 0 radical (unpaired) electrons. The van der Waals surface area contributed by atoms with Gasteiger partial charge in [0.05, 0.1) is 13.2 Å². The summed E-state index contributed by atoms with van der Waals surface area (Å²) in [4.78, 5) is 15.7. The van der Waals surface area contributed by atoms with E-state index in [1.807, 2.05) is 4.90 Å². The summed E-state index contributed by atoms with van der Waals surface area (Å²) in [7, 11) is 0. The summed E-state index contributed by atoms with van der Waals surface area (Å²) in [5.41, 5.74) is 1.28. The lowest BCUT2D eigenvalue weighted by molar-refractivity contribution is -0.131. The van der Waals surface area contributed by atoms with Crippen LogP contribution in [0.5, 0.6) is 0 Å². The van der Waals surface area contributed by atoms with Crippen LogP contribution < -0.4 is 5.32 Å². The predicted octanol–water partition coefficient (Wildman–Crippen LogP) is 1.79. The van der Waals surface area contributed by atoms with Crippen LogP contribution in [0.3, 0.4) is 0 Å². The minimum Gasteiger partial charge on any atom is -0.380 e. The largest absolute Gasteiger partial charge is 0.380 e. The number of nitrogens with one attached hydrogen (secondary N) is 1. The van der Waals surface area contributed by atoms with Gasteiger partial charge in [0, 0.05) is 30.1 Å². The molecule has 2 aliphatic rings. The van der Waals surface area contributed by atoms with E-state index in [4.69, 9.17) is 4.74 Å². The molecule has 0 bridgehead atoms. The fraction of sp³-hybridized carbons (Fsp3) is 0.667. The number of carbonyl (C=O) groups excluding carboxylic acids is 1. The van der Waals surface area contributed by atoms with Crippen LogP contribution in [0.4, 0.5) is 0 Å². The molecule has 0 saturated carbocycles. The molecule has 0 aliphatic carbocycles. The molecule has 0 aromatic carbocycles. The lowest BCUT2D eigenvalue weighted by Crippen LogP contribution is -2.53. The smallest absolute Gasteiger partial charge is 0.236 e. The van der Waals surface area contributed by atoms with Crippen LogP contribution in [0.15, 0.2) is 11.4 Å². The number of carbonyl (C=O) groups is 1. The Balaban J connectivity index is 1.52. The highest BCUT2D eigenvalue weighted by Gasteiger charge is 2.29. The highest BCUT2D eigenvalue weighted by atomic mass is 32.1. The molecule has 1 saturated heterocycles. The third-order valence-corrected chi connectivity index (χ3v) is 5.29. The Labute approximate surface area is 124 Å². The van der Waals surface area contributed by atoms with Crippen molar-refractivity contribution in [2.24, 2.45) is 0 Å². The van der Waals surface area contributed by atoms with Crippen LogP contribution in [0, 0.1) is 0 Å². The van der Waals surface area contributed by atoms with Gasteiger partial charge >= 0.3 is 0 Å². The quantitative estimate of drug-likeness (QED) is 0.924. The zero-order chi connectivity index (χ0) is 14.0. The molecule has 1 fully saturated rings. The van der Waals surface area contributed by atoms with Gasteiger partial charge in [-0.2, -0.15) is 0 Å². The van der Waals surface area contributed by atoms with Crippen molar-refractivity contribution in [2.45, 2.75) is 38.3 Å². The number of hydrogen-bond acceptors (Lipinski definition) is 4. The first-order valence-corrected chi connectivity index (χ1v) is 8.20. The summed E-state index contributed by atoms with van der Waals surface area (Å²) in [5.74, 6) is 0.202. The van der Waals surface area contributed by atoms with Gasteiger partial charge in [-0.1, -0.05) is 0 Å². The second-order valence-electron chi connectivity index (χ2n) is 6.00. The molecule has 1 atom stereocenters. The minimum atomic E-state index is -0.0444. The van der Waals surface area contributed by atoms with Crippen LogP contribution >= 0.6 is 11.3 Å². The van der Waals surface area contributed by atoms with E-state index in [0.717, 1.165) is 39.0 Å². The molecule has 1 aromatic rings. The Bertz CT molecular complexity index is 480. The first-order valence-electron chi connectivity index (χ1n) is 7.32. The lowest BCUT2D eigenvalue weighted by atomic mass is 9.95. The molecule has 1 N–H and O–H groups in total. The molecular formula is C15H22N2O2S. The molecule has 1 unspecified atom stereocenters. The van der Waals surface area contributed by atoms with Crippen LogP contribution in [0.25, 0.3) is 0 Å². The molecule has 110 valence electrons. The van der Waals surface area contributed by atoms with Crippen molar-refractivity contribution in [2.75, 3.05) is 26.3 Å². The van der Waals surface area contributed by atoms with Crippen molar-refractivity contribution < 1.29 is 9.53 Å². The standard InChI is InChI=1S/C15H22N2O2S/c1-15(5-2-7-19-11-15)16-9-14(18)17-6-3-13-12(10-17)4-8-20-13/h4,8,16H,2-3,5-7,9-11H2,1H3. The Morgan fingerprint density at radius 2 is 2.50 bits per heavy atom. The normalized spacial score (nSPS) is 26.4. The van der Waals surface area contributed by atoms with E-state index < -0.39 is 0 Å². The van der Waals surface area contributed by atoms with Crippen LogP contribution in [0.2, 0.25) is 0 Å². The molecule has 3 heterocycles. The van der Waals surface area contributed by atoms with Crippen molar-refractivity contribution in [1.82, 2.24) is 10.2 Å². The van der Waals surface area contributed by atoms with Crippen LogP contribution in [-0.4, -0.2) is 42.6 Å². The Morgan fingerprint density at radius 1 is 1.60 bits per heavy atom. The molecule has 1 aromatic heterocycles. The average molecular weight is 294 g/mol. The van der Waals surface area contributed by atoms with Crippen molar-refractivity contribution in [3.8, 4) is 0 Å². The maximum Gasteiger partial charge on any atom is 0.236 e. The molecule has 0 spiro atoms. The minimum absolute atomic E-state index is 0.0444. The van der Waals surface area contributed by atoms with Gasteiger partial charge in [-0.05, 0) is 43.2 Å². The molecule has 3 rings (SSSR count). The fourth-order valence-electron chi connectivity index (χ4n) is 2.94. The topological polar surface area (TPSA) is 41.6 Å². The van der Waals surface area contributed by atoms with Crippen molar-refractivity contribution in [3.05, 3.63) is 21.9 Å². The fourth-order valence-corrected chi connectivity index (χ4v) is 3.83. The molecule has 2 aliphatic heterocycles. The van der Waals surface area contributed by atoms with Gasteiger partial charge in [0.15, 0.2) is 0 Å². The Morgan fingerprint density at radius 3 is 3.30 bits per heavy atom. The molecule has 5 heteroatoms. The number of fused-ring (bicyclic) bond motifs is 1. The number of thiophene rings is 1. The van der Waals surface area contributed by atoms with Gasteiger partial charge < -0.3 is 15.0 Å². The molecule has 20 heavy (non-hydrogen) atoms. The van der Waals surface area contributed by atoms with Crippen molar-refractivity contribution in [3.63, 3.8) is 0 Å². The van der Waals surface area contributed by atoms with Gasteiger partial charge in [-0.15, -0.1) is 11.3 Å². The third-order valence-electron chi connectivity index (χ3n) is 4.26. The summed E-state index contributed by atoms with van der Waals surface area (Å²) in [6.07, 6.45) is 3.15. The Kier molecular flexibility index (Phi) is 4.10. The zero-order valence-corrected chi connectivity index (χ0v) is 12.8. The van der Waals surface area contributed by atoms with Gasteiger partial charge in [-0.3, -0.25) is 4.79 Å². The van der Waals surface area contributed by atoms with Gasteiger partial charge in [0.25, 0.3) is 0 Å². The summed E-state index contributed by atoms with van der Waals surface area (Å²) in [6.45, 7) is 5.73. The van der Waals surface area contributed by atoms with E-state index >= 15 is 0 Å². The zero-order valence-electron chi connectivity index (χ0n) is 12.0. The Hall–Kier alpha value is -0.910. The maximum absolute atomic E-state index is 12.3. The van der Waals surface area contributed by atoms with E-state index in [1.54, 1.807) is 11.3 Å². The number of hydrogen-bond donors (Lipinski definition) is 1. The average Bonchev–Trinajstić information content (AvgIpc) is 2.93. The van der Waals surface area contributed by atoms with E-state index in [9.17, 15) is 4.79 Å². The van der Waals surface area contributed by atoms with Gasteiger partial charge in [0.2, 0.25) is 5.91 Å². The second kappa shape index (κ2) is 5.84. The van der Waals surface area contributed by atoms with Gasteiger partial charge in [-0.25, -0.2) is 0 Å². The summed E-state index contributed by atoms with van der Waals surface area (Å²) in [6, 6.07) is 2.14. The monoisotopic (exact) mass is 294 g/mol. The number of ether oxygens (including phenoxy) is 1. The van der Waals surface area contributed by atoms with E-state index in [-0.39, 0.29) is 11.4 Å². The first kappa shape index (κ1) is 14.0. The van der Waals surface area contributed by atoms with Gasteiger partial charge in [0.1, 0.15) is 0 Å². The molecule has 4 nitrogen and oxygen atoms in total. The van der Waals surface area contributed by atoms with E-state index in [1.165, 1.54) is 10.4 Å². The third kappa shape index (κ3) is 3.05. The summed E-state index contributed by atoms with van der Waals surface area (Å²) in [5, 5.41) is 5.52. The van der Waals surface area contributed by atoms with Crippen molar-refractivity contribution >= 4 is 17.2 Å². The molecular weight excluding hydrogens is 272 g/mol. The van der Waals surface area contributed by atoms with Crippen LogP contribution in [0.1, 0.15) is 30.2 Å². The second-order valence-corrected chi connectivity index (χ2v) is 7.01. The lowest BCUT2D eigenvalue weighted by Gasteiger charge is -2.35. The van der Waals surface area contributed by atoms with E-state index in [2.05, 4.69) is 23.7 Å². The summed E-state index contributed by atoms with van der Waals surface area (Å²) >= 11 is 1.80.